The number of nitrogens with one attached hydrogen (secondary N) is 1. The van der Waals surface area contributed by atoms with Crippen LogP contribution in [0.15, 0.2) is 84.9 Å². The van der Waals surface area contributed by atoms with Crippen molar-refractivity contribution in [3.63, 3.8) is 0 Å². The van der Waals surface area contributed by atoms with Crippen LogP contribution in [0.2, 0.25) is 0 Å². The summed E-state index contributed by atoms with van der Waals surface area (Å²) in [4.78, 5) is 0. The molecule has 0 amide bonds. The van der Waals surface area contributed by atoms with Crippen molar-refractivity contribution in [1.82, 2.24) is 0 Å². The Bertz CT molecular complexity index is 806. The van der Waals surface area contributed by atoms with E-state index in [4.69, 9.17) is 4.74 Å². The summed E-state index contributed by atoms with van der Waals surface area (Å²) in [5, 5.41) is 3.66. The van der Waals surface area contributed by atoms with Crippen LogP contribution in [0.5, 0.6) is 11.5 Å². The van der Waals surface area contributed by atoms with Gasteiger partial charge in [-0.15, -0.1) is 0 Å². The Labute approximate surface area is 155 Å². The van der Waals surface area contributed by atoms with Gasteiger partial charge in [-0.1, -0.05) is 61.4 Å². The van der Waals surface area contributed by atoms with Crippen LogP contribution in [0.3, 0.4) is 0 Å². The molecule has 1 aliphatic carbocycles. The fraction of sp³-hybridized carbons (Fsp3) is 0.250. The minimum Gasteiger partial charge on any atom is -0.457 e. The molecule has 1 fully saturated rings. The number of hydrogen-bond donors (Lipinski definition) is 1. The lowest BCUT2D eigenvalue weighted by Gasteiger charge is -2.30. The van der Waals surface area contributed by atoms with Gasteiger partial charge in [0.15, 0.2) is 0 Å². The van der Waals surface area contributed by atoms with Crippen molar-refractivity contribution >= 4 is 5.69 Å². The van der Waals surface area contributed by atoms with Crippen LogP contribution in [-0.2, 0) is 5.41 Å². The van der Waals surface area contributed by atoms with E-state index in [-0.39, 0.29) is 5.41 Å². The number of rotatable bonds is 6. The number of para-hydroxylation sites is 1. The van der Waals surface area contributed by atoms with Crippen LogP contribution in [0.1, 0.15) is 31.2 Å². The third-order valence-electron chi connectivity index (χ3n) is 5.41. The maximum Gasteiger partial charge on any atom is 0.127 e. The molecule has 0 aliphatic heterocycles. The quantitative estimate of drug-likeness (QED) is 0.559. The van der Waals surface area contributed by atoms with Crippen molar-refractivity contribution in [2.45, 2.75) is 31.1 Å². The second-order valence-electron chi connectivity index (χ2n) is 7.15. The molecule has 0 radical (unpaired) electrons. The van der Waals surface area contributed by atoms with Gasteiger partial charge in [-0.05, 0) is 54.8 Å². The van der Waals surface area contributed by atoms with E-state index < -0.39 is 0 Å². The molecule has 0 atom stereocenters. The fourth-order valence-corrected chi connectivity index (χ4v) is 3.95. The number of benzene rings is 3. The van der Waals surface area contributed by atoms with Crippen LogP contribution >= 0.6 is 0 Å². The molecule has 0 spiro atoms. The van der Waals surface area contributed by atoms with Gasteiger partial charge in [-0.2, -0.15) is 0 Å². The SMILES string of the molecule is c1ccc(Oc2ccc(NCC3(c4ccccc4)CCCC3)cc2)cc1. The highest BCUT2D eigenvalue weighted by Crippen LogP contribution is 2.41. The molecule has 0 aromatic heterocycles. The van der Waals surface area contributed by atoms with Gasteiger partial charge >= 0.3 is 0 Å². The molecule has 2 heteroatoms. The topological polar surface area (TPSA) is 21.3 Å². The predicted molar refractivity (Wildman–Crippen MR) is 108 cm³/mol. The summed E-state index contributed by atoms with van der Waals surface area (Å²) < 4.78 is 5.87. The van der Waals surface area contributed by atoms with Gasteiger partial charge in [-0.3, -0.25) is 0 Å². The van der Waals surface area contributed by atoms with Crippen molar-refractivity contribution in [3.8, 4) is 11.5 Å². The molecule has 132 valence electrons. The maximum atomic E-state index is 5.87. The van der Waals surface area contributed by atoms with Crippen LogP contribution in [-0.4, -0.2) is 6.54 Å². The van der Waals surface area contributed by atoms with E-state index in [1.165, 1.54) is 31.2 Å². The summed E-state index contributed by atoms with van der Waals surface area (Å²) >= 11 is 0. The molecule has 0 unspecified atom stereocenters. The zero-order chi connectivity index (χ0) is 17.7. The van der Waals surface area contributed by atoms with E-state index in [1.807, 2.05) is 42.5 Å². The highest BCUT2D eigenvalue weighted by Gasteiger charge is 2.35. The van der Waals surface area contributed by atoms with Crippen molar-refractivity contribution in [2.24, 2.45) is 0 Å². The zero-order valence-corrected chi connectivity index (χ0v) is 15.0. The van der Waals surface area contributed by atoms with Crippen LogP contribution in [0.4, 0.5) is 5.69 Å². The molecule has 4 rings (SSSR count). The molecule has 0 bridgehead atoms. The third-order valence-corrected chi connectivity index (χ3v) is 5.41. The van der Waals surface area contributed by atoms with E-state index in [1.54, 1.807) is 0 Å². The Morgan fingerprint density at radius 1 is 0.692 bits per heavy atom. The second-order valence-corrected chi connectivity index (χ2v) is 7.15. The summed E-state index contributed by atoms with van der Waals surface area (Å²) in [6.45, 7) is 0.982. The third kappa shape index (κ3) is 3.75. The summed E-state index contributed by atoms with van der Waals surface area (Å²) in [7, 11) is 0. The molecule has 1 aliphatic rings. The Balaban J connectivity index is 1.42. The lowest BCUT2D eigenvalue weighted by molar-refractivity contribution is 0.466. The monoisotopic (exact) mass is 343 g/mol. The fourth-order valence-electron chi connectivity index (χ4n) is 3.95. The van der Waals surface area contributed by atoms with Crippen molar-refractivity contribution < 1.29 is 4.74 Å². The Hall–Kier alpha value is -2.74. The van der Waals surface area contributed by atoms with Gasteiger partial charge in [0.25, 0.3) is 0 Å². The van der Waals surface area contributed by atoms with Crippen molar-refractivity contribution in [2.75, 3.05) is 11.9 Å². The second kappa shape index (κ2) is 7.65. The van der Waals surface area contributed by atoms with Gasteiger partial charge in [0, 0.05) is 17.6 Å². The van der Waals surface area contributed by atoms with Gasteiger partial charge in [0.05, 0.1) is 0 Å². The number of ether oxygens (including phenoxy) is 1. The standard InChI is InChI=1S/C24H25NO/c1-3-9-20(10-4-1)24(17-7-8-18-24)19-25-21-13-15-23(16-14-21)26-22-11-5-2-6-12-22/h1-6,9-16,25H,7-8,17-19H2. The summed E-state index contributed by atoms with van der Waals surface area (Å²) in [6, 6.07) is 29.1. The van der Waals surface area contributed by atoms with Gasteiger partial charge < -0.3 is 10.1 Å². The lowest BCUT2D eigenvalue weighted by atomic mass is 9.79. The smallest absolute Gasteiger partial charge is 0.127 e. The Kier molecular flexibility index (Phi) is 4.92. The Morgan fingerprint density at radius 3 is 1.92 bits per heavy atom. The molecular weight excluding hydrogens is 318 g/mol. The minimum atomic E-state index is 0.264. The average Bonchev–Trinajstić information content (AvgIpc) is 3.19. The van der Waals surface area contributed by atoms with E-state index >= 15 is 0 Å². The molecule has 0 heterocycles. The van der Waals surface area contributed by atoms with E-state index in [9.17, 15) is 0 Å². The largest absolute Gasteiger partial charge is 0.457 e. The van der Waals surface area contributed by atoms with E-state index in [0.717, 1.165) is 23.7 Å². The van der Waals surface area contributed by atoms with Crippen LogP contribution in [0.25, 0.3) is 0 Å². The highest BCUT2D eigenvalue weighted by atomic mass is 16.5. The summed E-state index contributed by atoms with van der Waals surface area (Å²) in [5.74, 6) is 1.72. The molecule has 3 aromatic carbocycles. The van der Waals surface area contributed by atoms with Crippen molar-refractivity contribution in [3.05, 3.63) is 90.5 Å². The highest BCUT2D eigenvalue weighted by molar-refractivity contribution is 5.48. The molecular formula is C24H25NO. The molecule has 26 heavy (non-hydrogen) atoms. The number of hydrogen-bond acceptors (Lipinski definition) is 2. The van der Waals surface area contributed by atoms with Gasteiger partial charge in [-0.25, -0.2) is 0 Å². The van der Waals surface area contributed by atoms with E-state index in [0.29, 0.717) is 0 Å². The minimum absolute atomic E-state index is 0.264. The van der Waals surface area contributed by atoms with Gasteiger partial charge in [0.2, 0.25) is 0 Å². The molecule has 1 N–H and O–H groups in total. The average molecular weight is 343 g/mol. The van der Waals surface area contributed by atoms with Crippen LogP contribution < -0.4 is 10.1 Å². The zero-order valence-electron chi connectivity index (χ0n) is 15.0. The first kappa shape index (κ1) is 16.7. The number of anilines is 1. The molecule has 1 saturated carbocycles. The first-order chi connectivity index (χ1) is 12.8. The predicted octanol–water partition coefficient (Wildman–Crippen LogP) is 6.40. The van der Waals surface area contributed by atoms with Crippen molar-refractivity contribution in [1.29, 1.82) is 0 Å². The summed E-state index contributed by atoms with van der Waals surface area (Å²) in [5.41, 5.74) is 2.88. The molecule has 2 nitrogen and oxygen atoms in total. The van der Waals surface area contributed by atoms with E-state index in [2.05, 4.69) is 47.8 Å². The normalized spacial score (nSPS) is 15.5. The Morgan fingerprint density at radius 2 is 1.27 bits per heavy atom. The first-order valence-corrected chi connectivity index (χ1v) is 9.47. The lowest BCUT2D eigenvalue weighted by Crippen LogP contribution is -2.31. The molecule has 0 saturated heterocycles. The molecule has 3 aromatic rings. The first-order valence-electron chi connectivity index (χ1n) is 9.47. The van der Waals surface area contributed by atoms with Gasteiger partial charge in [0.1, 0.15) is 11.5 Å². The maximum absolute atomic E-state index is 5.87. The summed E-state index contributed by atoms with van der Waals surface area (Å²) in [6.07, 6.45) is 5.17. The van der Waals surface area contributed by atoms with Crippen LogP contribution in [0, 0.1) is 0 Å².